The summed E-state index contributed by atoms with van der Waals surface area (Å²) in [5, 5.41) is 11.7. The zero-order valence-corrected chi connectivity index (χ0v) is 13.6. The molecule has 0 aliphatic carbocycles. The number of aliphatic hydroxyl groups is 1. The standard InChI is InChI=1S/C15H19N5O4/c1-15(2,3)24-14(22)19-12-11-13(17-7-16-12)20(8-18-11)10-5-4-9(6-21)23-10/h4-5,7-10,21H,6H2,1-3H3,(H,16,17,19,22)/t9-,10+/m0/s1. The number of nitrogens with zero attached hydrogens (tertiary/aromatic N) is 4. The molecule has 0 aromatic carbocycles. The van der Waals surface area contributed by atoms with E-state index in [2.05, 4.69) is 20.3 Å². The zero-order chi connectivity index (χ0) is 17.3. The number of nitrogens with one attached hydrogen (secondary N) is 1. The van der Waals surface area contributed by atoms with Crippen molar-refractivity contribution in [3.05, 3.63) is 24.8 Å². The van der Waals surface area contributed by atoms with E-state index in [0.29, 0.717) is 11.2 Å². The second-order valence-corrected chi connectivity index (χ2v) is 6.31. The molecule has 9 heteroatoms. The lowest BCUT2D eigenvalue weighted by Gasteiger charge is -2.19. The van der Waals surface area contributed by atoms with Crippen LogP contribution in [0.2, 0.25) is 0 Å². The van der Waals surface area contributed by atoms with Gasteiger partial charge in [0.1, 0.15) is 18.0 Å². The number of carbonyl (C=O) groups excluding carboxylic acids is 1. The van der Waals surface area contributed by atoms with Gasteiger partial charge in [-0.25, -0.2) is 19.7 Å². The van der Waals surface area contributed by atoms with Gasteiger partial charge in [-0.2, -0.15) is 0 Å². The molecule has 0 spiro atoms. The number of aliphatic hydroxyl groups excluding tert-OH is 1. The minimum atomic E-state index is -0.616. The van der Waals surface area contributed by atoms with Crippen LogP contribution in [0.15, 0.2) is 24.8 Å². The minimum Gasteiger partial charge on any atom is -0.444 e. The van der Waals surface area contributed by atoms with Gasteiger partial charge in [-0.05, 0) is 26.8 Å². The second-order valence-electron chi connectivity index (χ2n) is 6.31. The van der Waals surface area contributed by atoms with Gasteiger partial charge in [-0.15, -0.1) is 0 Å². The number of aromatic nitrogens is 4. The van der Waals surface area contributed by atoms with Crippen molar-refractivity contribution in [1.29, 1.82) is 0 Å². The zero-order valence-electron chi connectivity index (χ0n) is 13.6. The average molecular weight is 333 g/mol. The van der Waals surface area contributed by atoms with E-state index in [1.807, 2.05) is 6.08 Å². The molecule has 1 aliphatic rings. The van der Waals surface area contributed by atoms with Crippen molar-refractivity contribution in [2.45, 2.75) is 38.7 Å². The maximum Gasteiger partial charge on any atom is 0.413 e. The van der Waals surface area contributed by atoms with Crippen molar-refractivity contribution in [1.82, 2.24) is 19.5 Å². The van der Waals surface area contributed by atoms with Crippen molar-refractivity contribution in [3.63, 3.8) is 0 Å². The van der Waals surface area contributed by atoms with Crippen LogP contribution in [-0.2, 0) is 9.47 Å². The number of carbonyl (C=O) groups is 1. The first-order chi connectivity index (χ1) is 11.4. The van der Waals surface area contributed by atoms with Crippen LogP contribution in [0.3, 0.4) is 0 Å². The summed E-state index contributed by atoms with van der Waals surface area (Å²) < 4.78 is 12.6. The Morgan fingerprint density at radius 3 is 2.83 bits per heavy atom. The number of imidazole rings is 1. The molecule has 3 heterocycles. The maximum absolute atomic E-state index is 11.9. The highest BCUT2D eigenvalue weighted by Gasteiger charge is 2.24. The van der Waals surface area contributed by atoms with E-state index in [1.54, 1.807) is 37.7 Å². The fourth-order valence-electron chi connectivity index (χ4n) is 2.28. The summed E-state index contributed by atoms with van der Waals surface area (Å²) in [5.41, 5.74) is 0.314. The predicted octanol–water partition coefficient (Wildman–Crippen LogP) is 1.62. The molecule has 0 radical (unpaired) electrons. The molecular formula is C15H19N5O4. The Balaban J connectivity index is 1.85. The van der Waals surface area contributed by atoms with Gasteiger partial charge >= 0.3 is 6.09 Å². The van der Waals surface area contributed by atoms with Crippen molar-refractivity contribution >= 4 is 23.1 Å². The van der Waals surface area contributed by atoms with E-state index >= 15 is 0 Å². The molecule has 0 unspecified atom stereocenters. The molecule has 2 N–H and O–H groups in total. The molecule has 9 nitrogen and oxygen atoms in total. The Kier molecular flexibility index (Phi) is 4.20. The highest BCUT2D eigenvalue weighted by molar-refractivity contribution is 5.93. The molecule has 128 valence electrons. The summed E-state index contributed by atoms with van der Waals surface area (Å²) in [7, 11) is 0. The van der Waals surface area contributed by atoms with E-state index in [0.717, 1.165) is 0 Å². The summed E-state index contributed by atoms with van der Waals surface area (Å²) in [4.78, 5) is 24.4. The van der Waals surface area contributed by atoms with Crippen LogP contribution in [0.5, 0.6) is 0 Å². The third-order valence-electron chi connectivity index (χ3n) is 3.24. The largest absolute Gasteiger partial charge is 0.444 e. The van der Waals surface area contributed by atoms with Gasteiger partial charge in [0.2, 0.25) is 0 Å². The maximum atomic E-state index is 11.9. The molecule has 0 saturated carbocycles. The minimum absolute atomic E-state index is 0.0972. The Labute approximate surface area is 138 Å². The van der Waals surface area contributed by atoms with E-state index in [4.69, 9.17) is 14.6 Å². The lowest BCUT2D eigenvalue weighted by molar-refractivity contribution is -0.00638. The molecule has 0 bridgehead atoms. The van der Waals surface area contributed by atoms with Gasteiger partial charge in [-0.1, -0.05) is 6.08 Å². The van der Waals surface area contributed by atoms with E-state index < -0.39 is 17.9 Å². The third kappa shape index (κ3) is 3.36. The Hall–Kier alpha value is -2.52. The number of amides is 1. The highest BCUT2D eigenvalue weighted by Crippen LogP contribution is 2.26. The van der Waals surface area contributed by atoms with Crippen LogP contribution in [-0.4, -0.2) is 49.0 Å². The number of hydrogen-bond acceptors (Lipinski definition) is 7. The van der Waals surface area contributed by atoms with Crippen molar-refractivity contribution in [2.24, 2.45) is 0 Å². The summed E-state index contributed by atoms with van der Waals surface area (Å²) >= 11 is 0. The molecule has 0 fully saturated rings. The molecule has 2 aromatic rings. The van der Waals surface area contributed by atoms with Crippen LogP contribution in [0.4, 0.5) is 10.6 Å². The van der Waals surface area contributed by atoms with Gasteiger partial charge in [-0.3, -0.25) is 9.88 Å². The Morgan fingerprint density at radius 2 is 2.17 bits per heavy atom. The Bertz CT molecular complexity index is 780. The molecule has 24 heavy (non-hydrogen) atoms. The predicted molar refractivity (Wildman–Crippen MR) is 85.3 cm³/mol. The Morgan fingerprint density at radius 1 is 1.38 bits per heavy atom. The third-order valence-corrected chi connectivity index (χ3v) is 3.24. The summed E-state index contributed by atoms with van der Waals surface area (Å²) in [5.74, 6) is 0.258. The van der Waals surface area contributed by atoms with E-state index in [-0.39, 0.29) is 18.5 Å². The van der Waals surface area contributed by atoms with Crippen LogP contribution in [0.1, 0.15) is 27.0 Å². The molecule has 1 aliphatic heterocycles. The van der Waals surface area contributed by atoms with Crippen LogP contribution in [0.25, 0.3) is 11.2 Å². The van der Waals surface area contributed by atoms with Crippen LogP contribution >= 0.6 is 0 Å². The summed E-state index contributed by atoms with van der Waals surface area (Å²) in [6.07, 6.45) is 5.08. The fraction of sp³-hybridized carbons (Fsp3) is 0.467. The SMILES string of the molecule is CC(C)(C)OC(=O)Nc1ncnc2c1ncn2[C@H]1C=C[C@@H](CO)O1. The van der Waals surface area contributed by atoms with Gasteiger partial charge in [0, 0.05) is 0 Å². The van der Waals surface area contributed by atoms with Gasteiger partial charge in [0.15, 0.2) is 23.2 Å². The van der Waals surface area contributed by atoms with Crippen LogP contribution in [0, 0.1) is 0 Å². The molecule has 2 atom stereocenters. The number of hydrogen-bond donors (Lipinski definition) is 2. The molecule has 2 aromatic heterocycles. The first-order valence-electron chi connectivity index (χ1n) is 7.49. The summed E-state index contributed by atoms with van der Waals surface area (Å²) in [6.45, 7) is 5.23. The topological polar surface area (TPSA) is 111 Å². The van der Waals surface area contributed by atoms with E-state index in [1.165, 1.54) is 6.33 Å². The quantitative estimate of drug-likeness (QED) is 0.821. The van der Waals surface area contributed by atoms with Gasteiger partial charge < -0.3 is 14.6 Å². The second kappa shape index (κ2) is 6.17. The van der Waals surface area contributed by atoms with Crippen molar-refractivity contribution in [3.8, 4) is 0 Å². The average Bonchev–Trinajstić information content (AvgIpc) is 3.11. The molecular weight excluding hydrogens is 314 g/mol. The first kappa shape index (κ1) is 16.3. The van der Waals surface area contributed by atoms with Gasteiger partial charge in [0.05, 0.1) is 12.9 Å². The first-order valence-corrected chi connectivity index (χ1v) is 7.49. The normalized spacial score (nSPS) is 20.5. The number of fused-ring (bicyclic) bond motifs is 1. The van der Waals surface area contributed by atoms with Crippen molar-refractivity contribution < 1.29 is 19.4 Å². The molecule has 3 rings (SSSR count). The number of anilines is 1. The fourth-order valence-corrected chi connectivity index (χ4v) is 2.28. The lowest BCUT2D eigenvalue weighted by atomic mass is 10.2. The highest BCUT2D eigenvalue weighted by atomic mass is 16.6. The lowest BCUT2D eigenvalue weighted by Crippen LogP contribution is -2.27. The van der Waals surface area contributed by atoms with Gasteiger partial charge in [0.25, 0.3) is 0 Å². The summed E-state index contributed by atoms with van der Waals surface area (Å²) in [6, 6.07) is 0. The number of rotatable bonds is 3. The van der Waals surface area contributed by atoms with E-state index in [9.17, 15) is 4.79 Å². The van der Waals surface area contributed by atoms with Crippen molar-refractivity contribution in [2.75, 3.05) is 11.9 Å². The number of ether oxygens (including phenoxy) is 2. The van der Waals surface area contributed by atoms with Crippen LogP contribution < -0.4 is 5.32 Å². The molecule has 1 amide bonds. The molecule has 0 saturated heterocycles. The monoisotopic (exact) mass is 333 g/mol. The smallest absolute Gasteiger partial charge is 0.413 e.